The molecule has 1 unspecified atom stereocenters. The number of carbonyl (C=O) groups is 2. The molecule has 1 aromatic heterocycles. The molecular formula is C28H29BrF2N2O4S. The van der Waals surface area contributed by atoms with E-state index in [1.54, 1.807) is 50.3 Å². The molecule has 38 heavy (non-hydrogen) atoms. The number of rotatable bonds is 5. The van der Waals surface area contributed by atoms with Crippen LogP contribution < -0.4 is 4.74 Å². The number of thiophene rings is 1. The minimum atomic E-state index is -0.909. The highest BCUT2D eigenvalue weighted by Gasteiger charge is 2.37. The van der Waals surface area contributed by atoms with Crippen LogP contribution in [0.25, 0.3) is 0 Å². The van der Waals surface area contributed by atoms with Gasteiger partial charge in [0.15, 0.2) is 0 Å². The lowest BCUT2D eigenvalue weighted by Crippen LogP contribution is -2.53. The van der Waals surface area contributed by atoms with Crippen LogP contribution in [0.1, 0.15) is 53.9 Å². The van der Waals surface area contributed by atoms with Crippen LogP contribution in [-0.4, -0.2) is 47.0 Å². The second-order valence-electron chi connectivity index (χ2n) is 10.1. The maximum Gasteiger partial charge on any atom is 0.410 e. The minimum absolute atomic E-state index is 0.00164. The first-order chi connectivity index (χ1) is 17.9. The number of hydrogen-bond donors (Lipinski definition) is 0. The molecule has 2 amide bonds. The first-order valence-electron chi connectivity index (χ1n) is 12.1. The summed E-state index contributed by atoms with van der Waals surface area (Å²) in [5.74, 6) is -1.10. The monoisotopic (exact) mass is 606 g/mol. The Balaban J connectivity index is 1.61. The number of benzene rings is 2. The highest BCUT2D eigenvalue weighted by molar-refractivity contribution is 9.11. The zero-order chi connectivity index (χ0) is 27.6. The molecule has 0 aliphatic carbocycles. The van der Waals surface area contributed by atoms with Crippen molar-refractivity contribution in [3.05, 3.63) is 85.5 Å². The van der Waals surface area contributed by atoms with Crippen LogP contribution in [0.5, 0.6) is 5.75 Å². The van der Waals surface area contributed by atoms with Crippen LogP contribution in [0.3, 0.4) is 0 Å². The molecule has 10 heteroatoms. The molecule has 0 saturated carbocycles. The van der Waals surface area contributed by atoms with Crippen molar-refractivity contribution in [2.24, 2.45) is 0 Å². The van der Waals surface area contributed by atoms with Gasteiger partial charge in [0.2, 0.25) is 0 Å². The van der Waals surface area contributed by atoms with Gasteiger partial charge in [0, 0.05) is 36.3 Å². The van der Waals surface area contributed by atoms with Gasteiger partial charge < -0.3 is 19.3 Å². The average molecular weight is 608 g/mol. The normalized spacial score (nSPS) is 15.9. The lowest BCUT2D eigenvalue weighted by molar-refractivity contribution is 0.00369. The third-order valence-corrected chi connectivity index (χ3v) is 7.61. The predicted octanol–water partition coefficient (Wildman–Crippen LogP) is 7.11. The van der Waals surface area contributed by atoms with E-state index in [9.17, 15) is 18.4 Å². The molecule has 6 nitrogen and oxygen atoms in total. The van der Waals surface area contributed by atoms with Crippen molar-refractivity contribution >= 4 is 39.3 Å². The summed E-state index contributed by atoms with van der Waals surface area (Å²) >= 11 is 5.00. The van der Waals surface area contributed by atoms with Crippen molar-refractivity contribution < 1.29 is 27.8 Å². The van der Waals surface area contributed by atoms with Crippen LogP contribution >= 0.6 is 27.3 Å². The summed E-state index contributed by atoms with van der Waals surface area (Å²) in [5, 5.41) is 1.98. The van der Waals surface area contributed by atoms with E-state index in [4.69, 9.17) is 9.47 Å². The summed E-state index contributed by atoms with van der Waals surface area (Å²) in [6.45, 7) is 7.75. The summed E-state index contributed by atoms with van der Waals surface area (Å²) < 4.78 is 41.5. The van der Waals surface area contributed by atoms with E-state index in [-0.39, 0.29) is 31.1 Å². The van der Waals surface area contributed by atoms with E-state index in [2.05, 4.69) is 15.9 Å². The fourth-order valence-electron chi connectivity index (χ4n) is 4.19. The fourth-order valence-corrected chi connectivity index (χ4v) is 5.39. The van der Waals surface area contributed by atoms with Crippen molar-refractivity contribution in [2.45, 2.75) is 45.9 Å². The second-order valence-corrected chi connectivity index (χ2v) is 12.4. The summed E-state index contributed by atoms with van der Waals surface area (Å²) in [7, 11) is 0. The molecular weight excluding hydrogens is 578 g/mol. The molecule has 0 radical (unpaired) electrons. The van der Waals surface area contributed by atoms with Crippen LogP contribution in [0.2, 0.25) is 0 Å². The van der Waals surface area contributed by atoms with Crippen LogP contribution in [0.4, 0.5) is 13.6 Å². The third kappa shape index (κ3) is 6.71. The second kappa shape index (κ2) is 11.4. The standard InChI is InChI=1S/C28H29BrF2N2O4S/c1-17-5-6-19(12-24(17)36-15-18-11-25(29)38-16-18)26(34)33-10-9-32(27(35)37-28(2,3)4)14-23(33)21-13-20(30)7-8-22(21)31/h5-8,11-13,16,23H,9-10,14-15H2,1-4H3. The zero-order valence-corrected chi connectivity index (χ0v) is 24.0. The van der Waals surface area contributed by atoms with Gasteiger partial charge in [-0.1, -0.05) is 6.07 Å². The maximum atomic E-state index is 14.9. The molecule has 1 aliphatic rings. The summed E-state index contributed by atoms with van der Waals surface area (Å²) in [4.78, 5) is 29.4. The van der Waals surface area contributed by atoms with E-state index in [0.29, 0.717) is 17.9 Å². The molecule has 1 atom stereocenters. The van der Waals surface area contributed by atoms with Crippen molar-refractivity contribution in [1.29, 1.82) is 0 Å². The topological polar surface area (TPSA) is 59.1 Å². The average Bonchev–Trinajstić information content (AvgIpc) is 3.28. The third-order valence-electron chi connectivity index (χ3n) is 6.06. The van der Waals surface area contributed by atoms with Gasteiger partial charge in [-0.25, -0.2) is 13.6 Å². The van der Waals surface area contributed by atoms with E-state index in [0.717, 1.165) is 33.1 Å². The van der Waals surface area contributed by atoms with Crippen molar-refractivity contribution in [3.8, 4) is 5.75 Å². The lowest BCUT2D eigenvalue weighted by atomic mass is 9.99. The number of amides is 2. The van der Waals surface area contributed by atoms with Crippen molar-refractivity contribution in [1.82, 2.24) is 9.80 Å². The molecule has 4 rings (SSSR count). The lowest BCUT2D eigenvalue weighted by Gasteiger charge is -2.42. The highest BCUT2D eigenvalue weighted by atomic mass is 79.9. The van der Waals surface area contributed by atoms with Gasteiger partial charge in [0.1, 0.15) is 29.6 Å². The molecule has 0 bridgehead atoms. The number of ether oxygens (including phenoxy) is 2. The van der Waals surface area contributed by atoms with Gasteiger partial charge in [-0.05, 0) is 91.0 Å². The first-order valence-corrected chi connectivity index (χ1v) is 13.8. The molecule has 0 spiro atoms. The van der Waals surface area contributed by atoms with Gasteiger partial charge in [0.05, 0.1) is 9.83 Å². The SMILES string of the molecule is Cc1ccc(C(=O)N2CCN(C(=O)OC(C)(C)C)CC2c2cc(F)ccc2F)cc1OCc1csc(Br)c1. The van der Waals surface area contributed by atoms with E-state index in [1.807, 2.05) is 18.4 Å². The largest absolute Gasteiger partial charge is 0.489 e. The Labute approximate surface area is 233 Å². The smallest absolute Gasteiger partial charge is 0.410 e. The van der Waals surface area contributed by atoms with Crippen molar-refractivity contribution in [2.75, 3.05) is 19.6 Å². The highest BCUT2D eigenvalue weighted by Crippen LogP contribution is 2.32. The van der Waals surface area contributed by atoms with Crippen molar-refractivity contribution in [3.63, 3.8) is 0 Å². The van der Waals surface area contributed by atoms with Gasteiger partial charge in [0.25, 0.3) is 5.91 Å². The first kappa shape index (κ1) is 28.0. The number of piperazine rings is 1. The van der Waals surface area contributed by atoms with Gasteiger partial charge >= 0.3 is 6.09 Å². The summed E-state index contributed by atoms with van der Waals surface area (Å²) in [5.41, 5.74) is 1.49. The Morgan fingerprint density at radius 2 is 1.87 bits per heavy atom. The summed E-state index contributed by atoms with van der Waals surface area (Å²) in [6.07, 6.45) is -0.572. The Morgan fingerprint density at radius 3 is 2.55 bits per heavy atom. The predicted molar refractivity (Wildman–Crippen MR) is 145 cm³/mol. The van der Waals surface area contributed by atoms with Gasteiger partial charge in [-0.2, -0.15) is 0 Å². The molecule has 1 saturated heterocycles. The minimum Gasteiger partial charge on any atom is -0.489 e. The maximum absolute atomic E-state index is 14.9. The fraction of sp³-hybridized carbons (Fsp3) is 0.357. The Morgan fingerprint density at radius 1 is 1.11 bits per heavy atom. The Kier molecular flexibility index (Phi) is 8.42. The van der Waals surface area contributed by atoms with Crippen LogP contribution in [0, 0.1) is 18.6 Å². The van der Waals surface area contributed by atoms with Crippen LogP contribution in [0.15, 0.2) is 51.6 Å². The Bertz CT molecular complexity index is 1340. The number of halogens is 3. The van der Waals surface area contributed by atoms with Gasteiger partial charge in [-0.15, -0.1) is 11.3 Å². The molecule has 202 valence electrons. The quantitative estimate of drug-likeness (QED) is 0.310. The van der Waals surface area contributed by atoms with E-state index < -0.39 is 29.4 Å². The number of hydrogen-bond acceptors (Lipinski definition) is 5. The number of nitrogens with zero attached hydrogens (tertiary/aromatic N) is 2. The molecule has 0 N–H and O–H groups in total. The van der Waals surface area contributed by atoms with E-state index in [1.165, 1.54) is 9.80 Å². The molecule has 2 heterocycles. The van der Waals surface area contributed by atoms with Crippen LogP contribution in [-0.2, 0) is 11.3 Å². The summed E-state index contributed by atoms with van der Waals surface area (Å²) in [6, 6.07) is 9.33. The van der Waals surface area contributed by atoms with E-state index >= 15 is 0 Å². The number of carbonyl (C=O) groups excluding carboxylic acids is 2. The zero-order valence-electron chi connectivity index (χ0n) is 21.6. The van der Waals surface area contributed by atoms with Gasteiger partial charge in [-0.3, -0.25) is 4.79 Å². The molecule has 2 aromatic carbocycles. The molecule has 3 aromatic rings. The number of aryl methyl sites for hydroxylation is 1. The Hall–Kier alpha value is -2.98. The molecule has 1 fully saturated rings. The molecule has 1 aliphatic heterocycles.